The van der Waals surface area contributed by atoms with Crippen molar-refractivity contribution in [1.82, 2.24) is 0 Å². The zero-order valence-electron chi connectivity index (χ0n) is 11.7. The maximum atomic E-state index is 11.9. The molecule has 118 valence electrons. The molecule has 8 heteroatoms. The number of nitrogens with two attached hydrogens (primary N) is 1. The molecule has 0 aliphatic rings. The third-order valence-electron chi connectivity index (χ3n) is 2.94. The standard InChI is InChI=1S/C15H11BrN2O5/c16-11-3-1-2-9(6-11)14(19)8-23-15(20)10-4-5-12(17)13(7-10)18(21)22/h1-7H,8,17H2. The number of benzene rings is 2. The molecule has 2 aromatic carbocycles. The molecule has 7 nitrogen and oxygen atoms in total. The number of rotatable bonds is 5. The van der Waals surface area contributed by atoms with Gasteiger partial charge in [-0.2, -0.15) is 0 Å². The summed E-state index contributed by atoms with van der Waals surface area (Å²) in [7, 11) is 0. The van der Waals surface area contributed by atoms with Gasteiger partial charge < -0.3 is 10.5 Å². The number of ether oxygens (including phenoxy) is 1. The van der Waals surface area contributed by atoms with Crippen molar-refractivity contribution in [3.63, 3.8) is 0 Å². The average molecular weight is 379 g/mol. The lowest BCUT2D eigenvalue weighted by Gasteiger charge is -2.05. The molecule has 0 radical (unpaired) electrons. The van der Waals surface area contributed by atoms with Crippen molar-refractivity contribution < 1.29 is 19.2 Å². The van der Waals surface area contributed by atoms with E-state index in [-0.39, 0.29) is 17.0 Å². The Morgan fingerprint density at radius 3 is 2.57 bits per heavy atom. The zero-order chi connectivity index (χ0) is 17.0. The molecule has 2 aromatic rings. The fourth-order valence-corrected chi connectivity index (χ4v) is 2.19. The number of esters is 1. The van der Waals surface area contributed by atoms with Gasteiger partial charge in [-0.25, -0.2) is 4.79 Å². The Morgan fingerprint density at radius 2 is 1.91 bits per heavy atom. The fraction of sp³-hybridized carbons (Fsp3) is 0.0667. The Labute approximate surface area is 139 Å². The highest BCUT2D eigenvalue weighted by Crippen LogP contribution is 2.22. The van der Waals surface area contributed by atoms with E-state index >= 15 is 0 Å². The number of nitrogens with zero attached hydrogens (tertiary/aromatic N) is 1. The first kappa shape index (κ1) is 16.6. The van der Waals surface area contributed by atoms with Crippen LogP contribution < -0.4 is 5.73 Å². The number of ketones is 1. The molecular weight excluding hydrogens is 368 g/mol. The van der Waals surface area contributed by atoms with Crippen molar-refractivity contribution in [3.05, 3.63) is 68.2 Å². The molecule has 0 amide bonds. The van der Waals surface area contributed by atoms with E-state index in [1.807, 2.05) is 0 Å². The molecule has 2 N–H and O–H groups in total. The molecule has 23 heavy (non-hydrogen) atoms. The molecule has 0 saturated heterocycles. The van der Waals surface area contributed by atoms with Gasteiger partial charge in [0, 0.05) is 16.1 Å². The summed E-state index contributed by atoms with van der Waals surface area (Å²) in [6, 6.07) is 10.2. The number of carbonyl (C=O) groups is 2. The minimum absolute atomic E-state index is 0.0482. The van der Waals surface area contributed by atoms with Crippen molar-refractivity contribution >= 4 is 39.1 Å². The van der Waals surface area contributed by atoms with Crippen LogP contribution in [0.5, 0.6) is 0 Å². The maximum absolute atomic E-state index is 11.9. The first-order chi connectivity index (χ1) is 10.9. The quantitative estimate of drug-likeness (QED) is 0.281. The smallest absolute Gasteiger partial charge is 0.338 e. The molecule has 2 rings (SSSR count). The van der Waals surface area contributed by atoms with Gasteiger partial charge in [0.05, 0.1) is 10.5 Å². The summed E-state index contributed by atoms with van der Waals surface area (Å²) in [5, 5.41) is 10.8. The van der Waals surface area contributed by atoms with Gasteiger partial charge in [0.1, 0.15) is 5.69 Å². The highest BCUT2D eigenvalue weighted by atomic mass is 79.9. The monoisotopic (exact) mass is 378 g/mol. The molecule has 0 saturated carbocycles. The third-order valence-corrected chi connectivity index (χ3v) is 3.44. The van der Waals surface area contributed by atoms with E-state index in [9.17, 15) is 19.7 Å². The Hall–Kier alpha value is -2.74. The van der Waals surface area contributed by atoms with Crippen LogP contribution in [-0.2, 0) is 4.74 Å². The van der Waals surface area contributed by atoms with E-state index < -0.39 is 23.2 Å². The number of nitro benzene ring substituents is 1. The Morgan fingerprint density at radius 1 is 1.17 bits per heavy atom. The van der Waals surface area contributed by atoms with Crippen LogP contribution in [0.2, 0.25) is 0 Å². The number of Topliss-reactive ketones (excluding diaryl/α,β-unsaturated/α-hetero) is 1. The lowest BCUT2D eigenvalue weighted by Crippen LogP contribution is -2.14. The summed E-state index contributed by atoms with van der Waals surface area (Å²) in [4.78, 5) is 33.9. The van der Waals surface area contributed by atoms with Crippen LogP contribution in [0.3, 0.4) is 0 Å². The first-order valence-corrected chi connectivity index (χ1v) is 7.17. The average Bonchev–Trinajstić information content (AvgIpc) is 2.52. The molecular formula is C15H11BrN2O5. The molecule has 0 aliphatic carbocycles. The first-order valence-electron chi connectivity index (χ1n) is 6.38. The van der Waals surface area contributed by atoms with E-state index in [4.69, 9.17) is 10.5 Å². The van der Waals surface area contributed by atoms with Gasteiger partial charge in [0.25, 0.3) is 5.69 Å². The SMILES string of the molecule is Nc1ccc(C(=O)OCC(=O)c2cccc(Br)c2)cc1[N+](=O)[O-]. The second-order valence-electron chi connectivity index (χ2n) is 4.54. The predicted molar refractivity (Wildman–Crippen MR) is 86.3 cm³/mol. The van der Waals surface area contributed by atoms with E-state index in [0.717, 1.165) is 10.5 Å². The minimum Gasteiger partial charge on any atom is -0.454 e. The van der Waals surface area contributed by atoms with Crippen molar-refractivity contribution in [2.75, 3.05) is 12.3 Å². The largest absolute Gasteiger partial charge is 0.454 e. The van der Waals surface area contributed by atoms with Crippen LogP contribution in [0.4, 0.5) is 11.4 Å². The topological polar surface area (TPSA) is 113 Å². The molecule has 0 heterocycles. The zero-order valence-corrected chi connectivity index (χ0v) is 13.3. The summed E-state index contributed by atoms with van der Waals surface area (Å²) >= 11 is 3.24. The highest BCUT2D eigenvalue weighted by molar-refractivity contribution is 9.10. The van der Waals surface area contributed by atoms with Gasteiger partial charge in [-0.15, -0.1) is 0 Å². The minimum atomic E-state index is -0.837. The molecule has 0 atom stereocenters. The van der Waals surface area contributed by atoms with Crippen molar-refractivity contribution in [1.29, 1.82) is 0 Å². The van der Waals surface area contributed by atoms with E-state index in [2.05, 4.69) is 15.9 Å². The normalized spacial score (nSPS) is 10.1. The molecule has 0 aromatic heterocycles. The van der Waals surface area contributed by atoms with E-state index in [1.54, 1.807) is 24.3 Å². The number of carbonyl (C=O) groups excluding carboxylic acids is 2. The number of nitrogen functional groups attached to an aromatic ring is 1. The van der Waals surface area contributed by atoms with Gasteiger partial charge in [-0.1, -0.05) is 28.1 Å². The molecule has 0 unspecified atom stereocenters. The van der Waals surface area contributed by atoms with Gasteiger partial charge in [-0.05, 0) is 24.3 Å². The number of nitro groups is 1. The van der Waals surface area contributed by atoms with E-state index in [1.165, 1.54) is 12.1 Å². The number of hydrogen-bond donors (Lipinski definition) is 1. The van der Waals surface area contributed by atoms with Crippen LogP contribution in [0.25, 0.3) is 0 Å². The van der Waals surface area contributed by atoms with Gasteiger partial charge in [0.15, 0.2) is 12.4 Å². The Bertz CT molecular complexity index is 791. The van der Waals surface area contributed by atoms with E-state index in [0.29, 0.717) is 5.56 Å². The van der Waals surface area contributed by atoms with Crippen LogP contribution >= 0.6 is 15.9 Å². The fourth-order valence-electron chi connectivity index (χ4n) is 1.79. The van der Waals surface area contributed by atoms with Crippen LogP contribution in [0.1, 0.15) is 20.7 Å². The van der Waals surface area contributed by atoms with Crippen molar-refractivity contribution in [2.24, 2.45) is 0 Å². The number of hydrogen-bond acceptors (Lipinski definition) is 6. The number of halogens is 1. The Balaban J connectivity index is 2.06. The van der Waals surface area contributed by atoms with Gasteiger partial charge in [-0.3, -0.25) is 14.9 Å². The summed E-state index contributed by atoms with van der Waals surface area (Å²) in [5.41, 5.74) is 5.34. The summed E-state index contributed by atoms with van der Waals surface area (Å²) < 4.78 is 5.62. The van der Waals surface area contributed by atoms with Crippen molar-refractivity contribution in [3.8, 4) is 0 Å². The predicted octanol–water partition coefficient (Wildman–Crippen LogP) is 2.98. The highest BCUT2D eigenvalue weighted by Gasteiger charge is 2.17. The molecule has 0 aliphatic heterocycles. The second-order valence-corrected chi connectivity index (χ2v) is 5.46. The maximum Gasteiger partial charge on any atom is 0.338 e. The van der Waals surface area contributed by atoms with Crippen LogP contribution in [-0.4, -0.2) is 23.3 Å². The molecule has 0 spiro atoms. The van der Waals surface area contributed by atoms with Crippen molar-refractivity contribution in [2.45, 2.75) is 0 Å². The van der Waals surface area contributed by atoms with Gasteiger partial charge in [0.2, 0.25) is 0 Å². The Kier molecular flexibility index (Phi) is 5.07. The number of anilines is 1. The lowest BCUT2D eigenvalue weighted by atomic mass is 10.1. The summed E-state index contributed by atoms with van der Waals surface area (Å²) in [5.74, 6) is -1.22. The molecule has 0 fully saturated rings. The summed E-state index contributed by atoms with van der Waals surface area (Å²) in [6.45, 7) is -0.465. The third kappa shape index (κ3) is 4.13. The van der Waals surface area contributed by atoms with Crippen LogP contribution in [0.15, 0.2) is 46.9 Å². The van der Waals surface area contributed by atoms with Crippen LogP contribution in [0, 0.1) is 10.1 Å². The lowest BCUT2D eigenvalue weighted by molar-refractivity contribution is -0.383. The molecule has 0 bridgehead atoms. The summed E-state index contributed by atoms with van der Waals surface area (Å²) in [6.07, 6.45) is 0. The second kappa shape index (κ2) is 7.01. The van der Waals surface area contributed by atoms with Gasteiger partial charge >= 0.3 is 5.97 Å².